The highest BCUT2D eigenvalue weighted by Crippen LogP contribution is 2.41. The van der Waals surface area contributed by atoms with Gasteiger partial charge in [0, 0.05) is 5.75 Å². The zero-order chi connectivity index (χ0) is 19.7. The Bertz CT molecular complexity index is 802. The zero-order valence-electron chi connectivity index (χ0n) is 14.3. The van der Waals surface area contributed by atoms with Crippen molar-refractivity contribution in [3.05, 3.63) is 35.1 Å². The Balaban J connectivity index is 1.71. The lowest BCUT2D eigenvalue weighted by Crippen LogP contribution is -2.71. The Hall–Kier alpha value is -2.59. The molecule has 0 spiro atoms. The quantitative estimate of drug-likeness (QED) is 0.358. The summed E-state index contributed by atoms with van der Waals surface area (Å²) >= 11 is 1.22. The summed E-state index contributed by atoms with van der Waals surface area (Å²) in [6.07, 6.45) is 6.58. The lowest BCUT2D eigenvalue weighted by Gasteiger charge is -2.49. The zero-order valence-corrected chi connectivity index (χ0v) is 15.1. The highest BCUT2D eigenvalue weighted by molar-refractivity contribution is 8.00. The summed E-state index contributed by atoms with van der Waals surface area (Å²) in [6.45, 7) is 0. The number of fused-ring (bicyclic) bond motifs is 1. The van der Waals surface area contributed by atoms with Gasteiger partial charge in [-0.1, -0.05) is 18.2 Å². The third-order valence-electron chi connectivity index (χ3n) is 4.63. The fourth-order valence-electron chi connectivity index (χ4n) is 3.29. The number of thioether (sulfide) groups is 1. The second-order valence-corrected chi connectivity index (χ2v) is 7.50. The minimum absolute atomic E-state index is 0.163. The number of aliphatic carboxylic acids is 2. The summed E-state index contributed by atoms with van der Waals surface area (Å²) in [6, 6.07) is -1.75. The van der Waals surface area contributed by atoms with Crippen LogP contribution in [-0.4, -0.2) is 62.1 Å². The van der Waals surface area contributed by atoms with E-state index >= 15 is 0 Å². The van der Waals surface area contributed by atoms with Crippen molar-refractivity contribution in [2.24, 2.45) is 5.73 Å². The molecule has 3 rings (SSSR count). The van der Waals surface area contributed by atoms with Crippen molar-refractivity contribution in [1.29, 1.82) is 0 Å². The largest absolute Gasteiger partial charge is 0.481 e. The minimum atomic E-state index is -1.36. The smallest absolute Gasteiger partial charge is 0.352 e. The number of carboxylic acid groups (broad SMARTS) is 2. The molecule has 0 radical (unpaired) electrons. The first-order chi connectivity index (χ1) is 12.8. The highest BCUT2D eigenvalue weighted by Gasteiger charge is 2.54. The van der Waals surface area contributed by atoms with Crippen LogP contribution >= 0.6 is 11.8 Å². The number of carbonyl (C=O) groups excluding carboxylic acids is 2. The molecule has 1 unspecified atom stereocenters. The predicted molar refractivity (Wildman–Crippen MR) is 96.4 cm³/mol. The predicted octanol–water partition coefficient (Wildman–Crippen LogP) is -0.197. The number of nitrogens with two attached hydrogens (primary N) is 1. The average Bonchev–Trinajstić information content (AvgIpc) is 2.64. The maximum atomic E-state index is 12.5. The number of carboxylic acids is 2. The van der Waals surface area contributed by atoms with Crippen molar-refractivity contribution in [3.63, 3.8) is 0 Å². The van der Waals surface area contributed by atoms with Crippen molar-refractivity contribution >= 4 is 35.5 Å². The molecule has 0 bridgehead atoms. The number of β-lactam (4-membered cyclic amide) rings is 1. The standard InChI is InChI=1S/C17H19N3O6S/c18-11(8-4-2-1-3-5-8)14(23)19-12-15(24)20-13(17(25)26)9(6-10(21)22)7-27-16(12)20/h1-2,5,11-12,16H,3-4,6-7,18H2,(H,19,23)(H,21,22)(H,25,26)/t11?,12-,16+/m1/s1. The average molecular weight is 393 g/mol. The third kappa shape index (κ3) is 3.62. The Labute approximate surface area is 158 Å². The van der Waals surface area contributed by atoms with Crippen LogP contribution in [0, 0.1) is 0 Å². The van der Waals surface area contributed by atoms with Crippen LogP contribution in [-0.2, 0) is 19.2 Å². The fourth-order valence-corrected chi connectivity index (χ4v) is 4.63. The molecule has 9 nitrogen and oxygen atoms in total. The molecule has 0 saturated carbocycles. The van der Waals surface area contributed by atoms with Gasteiger partial charge in [-0.3, -0.25) is 19.3 Å². The van der Waals surface area contributed by atoms with Crippen molar-refractivity contribution in [3.8, 4) is 0 Å². The Morgan fingerprint density at radius 1 is 1.33 bits per heavy atom. The molecule has 27 heavy (non-hydrogen) atoms. The molecule has 5 N–H and O–H groups in total. The van der Waals surface area contributed by atoms with Crippen molar-refractivity contribution in [1.82, 2.24) is 10.2 Å². The normalized spacial score (nSPS) is 25.3. The lowest BCUT2D eigenvalue weighted by atomic mass is 9.97. The monoisotopic (exact) mass is 393 g/mol. The maximum absolute atomic E-state index is 12.5. The molecule has 1 fully saturated rings. The van der Waals surface area contributed by atoms with Gasteiger partial charge < -0.3 is 21.3 Å². The number of nitrogens with zero attached hydrogens (tertiary/aromatic N) is 1. The van der Waals surface area contributed by atoms with Gasteiger partial charge in [0.25, 0.3) is 5.91 Å². The van der Waals surface area contributed by atoms with Gasteiger partial charge in [0.15, 0.2) is 0 Å². The van der Waals surface area contributed by atoms with E-state index in [1.165, 1.54) is 11.8 Å². The second-order valence-electron chi connectivity index (χ2n) is 6.39. The molecule has 3 aliphatic rings. The van der Waals surface area contributed by atoms with Crippen LogP contribution < -0.4 is 11.1 Å². The maximum Gasteiger partial charge on any atom is 0.352 e. The lowest BCUT2D eigenvalue weighted by molar-refractivity contribution is -0.150. The van der Waals surface area contributed by atoms with E-state index in [1.807, 2.05) is 18.2 Å². The van der Waals surface area contributed by atoms with E-state index in [9.17, 15) is 24.3 Å². The number of carbonyl (C=O) groups is 4. The van der Waals surface area contributed by atoms with Gasteiger partial charge in [0.05, 0.1) is 6.42 Å². The number of amides is 2. The summed E-state index contributed by atoms with van der Waals surface area (Å²) in [5, 5.41) is 20.4. The fraction of sp³-hybridized carbons (Fsp3) is 0.412. The van der Waals surface area contributed by atoms with Crippen LogP contribution in [0.3, 0.4) is 0 Å². The van der Waals surface area contributed by atoms with Crippen molar-refractivity contribution in [2.75, 3.05) is 5.75 Å². The summed E-state index contributed by atoms with van der Waals surface area (Å²) < 4.78 is 0. The molecule has 0 aromatic heterocycles. The Morgan fingerprint density at radius 3 is 2.67 bits per heavy atom. The highest BCUT2D eigenvalue weighted by atomic mass is 32.2. The van der Waals surface area contributed by atoms with Gasteiger partial charge >= 0.3 is 11.9 Å². The van der Waals surface area contributed by atoms with Gasteiger partial charge in [-0.2, -0.15) is 0 Å². The van der Waals surface area contributed by atoms with Gasteiger partial charge in [-0.05, 0) is 24.0 Å². The van der Waals surface area contributed by atoms with Gasteiger partial charge in [-0.15, -0.1) is 11.8 Å². The van der Waals surface area contributed by atoms with Crippen LogP contribution in [0.4, 0.5) is 0 Å². The molecule has 2 amide bonds. The minimum Gasteiger partial charge on any atom is -0.481 e. The number of hydrogen-bond acceptors (Lipinski definition) is 6. The van der Waals surface area contributed by atoms with E-state index in [0.29, 0.717) is 12.8 Å². The number of allylic oxidation sites excluding steroid dienone is 3. The molecule has 3 atom stereocenters. The first-order valence-corrected chi connectivity index (χ1v) is 9.37. The number of rotatable bonds is 6. The van der Waals surface area contributed by atoms with E-state index in [0.717, 1.165) is 10.5 Å². The molecular formula is C17H19N3O6S. The molecule has 2 aliphatic heterocycles. The van der Waals surface area contributed by atoms with Crippen LogP contribution in [0.1, 0.15) is 19.3 Å². The van der Waals surface area contributed by atoms with Crippen LogP contribution in [0.5, 0.6) is 0 Å². The second kappa shape index (κ2) is 7.57. The summed E-state index contributed by atoms with van der Waals surface area (Å²) in [5.41, 5.74) is 6.61. The van der Waals surface area contributed by atoms with E-state index in [2.05, 4.69) is 5.32 Å². The summed E-state index contributed by atoms with van der Waals surface area (Å²) in [7, 11) is 0. The summed E-state index contributed by atoms with van der Waals surface area (Å²) in [4.78, 5) is 48.4. The SMILES string of the molecule is NC(C(=O)N[C@@H]1C(=O)N2C(C(=O)O)=C(CC(=O)O)CS[C@@H]12)C1=CCC=CC1. The van der Waals surface area contributed by atoms with Crippen LogP contribution in [0.25, 0.3) is 0 Å². The van der Waals surface area contributed by atoms with Gasteiger partial charge in [-0.25, -0.2) is 4.79 Å². The van der Waals surface area contributed by atoms with E-state index in [4.69, 9.17) is 10.8 Å². The van der Waals surface area contributed by atoms with Gasteiger partial charge in [0.2, 0.25) is 5.91 Å². The topological polar surface area (TPSA) is 150 Å². The third-order valence-corrected chi connectivity index (χ3v) is 5.97. The first kappa shape index (κ1) is 19.2. The van der Waals surface area contributed by atoms with Crippen LogP contribution in [0.2, 0.25) is 0 Å². The van der Waals surface area contributed by atoms with E-state index in [1.54, 1.807) is 0 Å². The van der Waals surface area contributed by atoms with Crippen molar-refractivity contribution in [2.45, 2.75) is 36.7 Å². The van der Waals surface area contributed by atoms with Gasteiger partial charge in [0.1, 0.15) is 23.2 Å². The van der Waals surface area contributed by atoms with E-state index < -0.39 is 47.6 Å². The van der Waals surface area contributed by atoms with Crippen LogP contribution in [0.15, 0.2) is 35.1 Å². The molecule has 144 valence electrons. The number of hydrogen-bond donors (Lipinski definition) is 4. The Kier molecular flexibility index (Phi) is 5.38. The van der Waals surface area contributed by atoms with Crippen molar-refractivity contribution < 1.29 is 29.4 Å². The molecule has 1 aliphatic carbocycles. The number of nitrogens with one attached hydrogen (secondary N) is 1. The summed E-state index contributed by atoms with van der Waals surface area (Å²) in [5.74, 6) is -3.43. The molecule has 0 aromatic rings. The molecule has 0 aromatic carbocycles. The molecular weight excluding hydrogens is 374 g/mol. The Morgan fingerprint density at radius 2 is 2.07 bits per heavy atom. The first-order valence-electron chi connectivity index (χ1n) is 8.33. The molecule has 1 saturated heterocycles. The van der Waals surface area contributed by atoms with E-state index in [-0.39, 0.29) is 17.0 Å². The molecule has 10 heteroatoms. The molecule has 2 heterocycles.